The van der Waals surface area contributed by atoms with Crippen molar-refractivity contribution in [2.24, 2.45) is 12.8 Å². The lowest BCUT2D eigenvalue weighted by Gasteiger charge is -2.12. The highest BCUT2D eigenvalue weighted by Gasteiger charge is 2.24. The first-order valence-corrected chi connectivity index (χ1v) is 5.17. The molecule has 0 saturated carbocycles. The average molecular weight is 240 g/mol. The van der Waals surface area contributed by atoms with Crippen LogP contribution in [0, 0.1) is 6.92 Å². The lowest BCUT2D eigenvalue weighted by atomic mass is 10.2. The maximum absolute atomic E-state index is 11.8. The summed E-state index contributed by atoms with van der Waals surface area (Å²) < 4.78 is 6.29. The smallest absolute Gasteiger partial charge is 0.359 e. The van der Waals surface area contributed by atoms with Crippen molar-refractivity contribution in [2.75, 3.05) is 5.73 Å². The summed E-state index contributed by atoms with van der Waals surface area (Å²) in [5.74, 6) is -1.38. The van der Waals surface area contributed by atoms with E-state index in [4.69, 9.17) is 16.2 Å². The zero-order chi connectivity index (χ0) is 13.2. The van der Waals surface area contributed by atoms with Gasteiger partial charge in [-0.3, -0.25) is 9.48 Å². The van der Waals surface area contributed by atoms with Crippen LogP contribution in [-0.2, 0) is 16.6 Å². The van der Waals surface area contributed by atoms with E-state index in [1.807, 2.05) is 0 Å². The molecular formula is C10H16N4O3. The Morgan fingerprint density at radius 3 is 2.47 bits per heavy atom. The Balaban J connectivity index is 2.94. The van der Waals surface area contributed by atoms with Gasteiger partial charge in [0.25, 0.3) is 5.91 Å². The van der Waals surface area contributed by atoms with Crippen LogP contribution in [0.5, 0.6) is 0 Å². The van der Waals surface area contributed by atoms with Gasteiger partial charge in [0.1, 0.15) is 0 Å². The van der Waals surface area contributed by atoms with Gasteiger partial charge in [-0.15, -0.1) is 0 Å². The first kappa shape index (κ1) is 13.0. The molecule has 1 rings (SSSR count). The highest BCUT2D eigenvalue weighted by atomic mass is 16.5. The number of aryl methyl sites for hydroxylation is 2. The number of rotatable bonds is 4. The van der Waals surface area contributed by atoms with Crippen LogP contribution in [0.2, 0.25) is 0 Å². The summed E-state index contributed by atoms with van der Waals surface area (Å²) in [7, 11) is 1.57. The number of nitrogens with zero attached hydrogens (tertiary/aromatic N) is 2. The molecule has 0 aromatic carbocycles. The predicted molar refractivity (Wildman–Crippen MR) is 61.0 cm³/mol. The molecule has 17 heavy (non-hydrogen) atoms. The summed E-state index contributed by atoms with van der Waals surface area (Å²) in [4.78, 5) is 22.8. The number of carbonyl (C=O) groups excluding carboxylic acids is 2. The molecule has 1 aromatic rings. The van der Waals surface area contributed by atoms with E-state index in [1.165, 1.54) is 4.68 Å². The van der Waals surface area contributed by atoms with Gasteiger partial charge in [-0.05, 0) is 13.3 Å². The number of hydrogen-bond acceptors (Lipinski definition) is 5. The minimum atomic E-state index is -0.947. The highest BCUT2D eigenvalue weighted by Crippen LogP contribution is 2.17. The van der Waals surface area contributed by atoms with Crippen molar-refractivity contribution < 1.29 is 14.3 Å². The zero-order valence-corrected chi connectivity index (χ0v) is 10.1. The Bertz CT molecular complexity index is 453. The third kappa shape index (κ3) is 2.55. The van der Waals surface area contributed by atoms with Crippen LogP contribution in [0.1, 0.15) is 29.5 Å². The molecule has 1 atom stereocenters. The lowest BCUT2D eigenvalue weighted by Crippen LogP contribution is -2.33. The van der Waals surface area contributed by atoms with Crippen molar-refractivity contribution in [2.45, 2.75) is 26.4 Å². The fourth-order valence-electron chi connectivity index (χ4n) is 1.44. The first-order chi connectivity index (χ1) is 7.88. The largest absolute Gasteiger partial charge is 0.448 e. The summed E-state index contributed by atoms with van der Waals surface area (Å²) in [5, 5.41) is 3.98. The molecule has 0 spiro atoms. The van der Waals surface area contributed by atoms with Gasteiger partial charge in [-0.25, -0.2) is 4.79 Å². The molecule has 7 heteroatoms. The van der Waals surface area contributed by atoms with Gasteiger partial charge in [0, 0.05) is 7.05 Å². The van der Waals surface area contributed by atoms with Crippen molar-refractivity contribution in [1.82, 2.24) is 9.78 Å². The summed E-state index contributed by atoms with van der Waals surface area (Å²) in [6, 6.07) is 0. The minimum Gasteiger partial charge on any atom is -0.448 e. The number of primary amides is 1. The standard InChI is InChI=1S/C10H16N4O3/c1-4-6(9(12)15)17-10(16)8-7(11)5(2)13-14(8)3/h6H,4,11H2,1-3H3,(H2,12,15). The van der Waals surface area contributed by atoms with Crippen molar-refractivity contribution in [3.05, 3.63) is 11.4 Å². The Kier molecular flexibility index (Phi) is 3.72. The number of esters is 1. The first-order valence-electron chi connectivity index (χ1n) is 5.17. The second-order valence-electron chi connectivity index (χ2n) is 3.68. The lowest BCUT2D eigenvalue weighted by molar-refractivity contribution is -0.126. The Morgan fingerprint density at radius 2 is 2.12 bits per heavy atom. The van der Waals surface area contributed by atoms with Crippen LogP contribution >= 0.6 is 0 Å². The summed E-state index contributed by atoms with van der Waals surface area (Å²) in [6.07, 6.45) is -0.630. The van der Waals surface area contributed by atoms with Gasteiger partial charge in [0.2, 0.25) is 0 Å². The molecular weight excluding hydrogens is 224 g/mol. The van der Waals surface area contributed by atoms with Crippen molar-refractivity contribution in [1.29, 1.82) is 0 Å². The normalized spacial score (nSPS) is 12.2. The van der Waals surface area contributed by atoms with Crippen LogP contribution < -0.4 is 11.5 Å². The molecule has 0 aliphatic heterocycles. The molecule has 0 aliphatic carbocycles. The third-order valence-electron chi connectivity index (χ3n) is 2.40. The number of aromatic nitrogens is 2. The number of nitrogens with two attached hydrogens (primary N) is 2. The Labute approximate surface area is 98.7 Å². The molecule has 0 radical (unpaired) electrons. The number of nitrogen functional groups attached to an aromatic ring is 1. The third-order valence-corrected chi connectivity index (χ3v) is 2.40. The van der Waals surface area contributed by atoms with Gasteiger partial charge >= 0.3 is 5.97 Å². The predicted octanol–water partition coefficient (Wildman–Crippen LogP) is -0.269. The van der Waals surface area contributed by atoms with Crippen LogP contribution in [0.25, 0.3) is 0 Å². The van der Waals surface area contributed by atoms with E-state index in [9.17, 15) is 9.59 Å². The molecule has 1 amide bonds. The van der Waals surface area contributed by atoms with Gasteiger partial charge < -0.3 is 16.2 Å². The number of ether oxygens (including phenoxy) is 1. The van der Waals surface area contributed by atoms with Crippen LogP contribution in [-0.4, -0.2) is 27.8 Å². The van der Waals surface area contributed by atoms with Crippen LogP contribution in [0.4, 0.5) is 5.69 Å². The minimum absolute atomic E-state index is 0.127. The molecule has 1 heterocycles. The second kappa shape index (κ2) is 4.86. The average Bonchev–Trinajstić information content (AvgIpc) is 2.49. The highest BCUT2D eigenvalue weighted by molar-refractivity contribution is 5.95. The molecule has 1 unspecified atom stereocenters. The van der Waals surface area contributed by atoms with Crippen LogP contribution in [0.15, 0.2) is 0 Å². The second-order valence-corrected chi connectivity index (χ2v) is 3.68. The quantitative estimate of drug-likeness (QED) is 0.703. The van der Waals surface area contributed by atoms with E-state index in [-0.39, 0.29) is 11.4 Å². The summed E-state index contributed by atoms with van der Waals surface area (Å²) in [6.45, 7) is 3.37. The molecule has 1 aromatic heterocycles. The van der Waals surface area contributed by atoms with E-state index in [0.717, 1.165) is 0 Å². The Hall–Kier alpha value is -2.05. The summed E-state index contributed by atoms with van der Waals surface area (Å²) in [5.41, 5.74) is 11.7. The maximum Gasteiger partial charge on any atom is 0.359 e. The SMILES string of the molecule is CCC(OC(=O)c1c(N)c(C)nn1C)C(N)=O. The zero-order valence-electron chi connectivity index (χ0n) is 10.1. The van der Waals surface area contributed by atoms with Gasteiger partial charge in [-0.2, -0.15) is 5.10 Å². The molecule has 0 bridgehead atoms. The molecule has 4 N–H and O–H groups in total. The number of anilines is 1. The fourth-order valence-corrected chi connectivity index (χ4v) is 1.44. The molecule has 0 fully saturated rings. The number of amides is 1. The number of hydrogen-bond donors (Lipinski definition) is 2. The van der Waals surface area contributed by atoms with Gasteiger partial charge in [-0.1, -0.05) is 6.92 Å². The van der Waals surface area contributed by atoms with Crippen molar-refractivity contribution in [3.8, 4) is 0 Å². The van der Waals surface area contributed by atoms with E-state index in [2.05, 4.69) is 5.10 Å². The van der Waals surface area contributed by atoms with E-state index in [0.29, 0.717) is 12.1 Å². The fraction of sp³-hybridized carbons (Fsp3) is 0.500. The maximum atomic E-state index is 11.8. The van der Waals surface area contributed by atoms with E-state index >= 15 is 0 Å². The van der Waals surface area contributed by atoms with E-state index in [1.54, 1.807) is 20.9 Å². The van der Waals surface area contributed by atoms with E-state index < -0.39 is 18.0 Å². The summed E-state index contributed by atoms with van der Waals surface area (Å²) >= 11 is 0. The van der Waals surface area contributed by atoms with Crippen molar-refractivity contribution >= 4 is 17.6 Å². The van der Waals surface area contributed by atoms with Gasteiger partial charge in [0.15, 0.2) is 11.8 Å². The molecule has 7 nitrogen and oxygen atoms in total. The topological polar surface area (TPSA) is 113 Å². The Morgan fingerprint density at radius 1 is 1.53 bits per heavy atom. The monoisotopic (exact) mass is 240 g/mol. The number of carbonyl (C=O) groups is 2. The molecule has 0 saturated heterocycles. The van der Waals surface area contributed by atoms with Gasteiger partial charge in [0.05, 0.1) is 11.4 Å². The van der Waals surface area contributed by atoms with Crippen molar-refractivity contribution in [3.63, 3.8) is 0 Å². The molecule has 0 aliphatic rings. The molecule has 94 valence electrons. The van der Waals surface area contributed by atoms with Crippen LogP contribution in [0.3, 0.4) is 0 Å².